The summed E-state index contributed by atoms with van der Waals surface area (Å²) in [6, 6.07) is 21.4. The molecule has 0 radical (unpaired) electrons. The molecule has 222 valence electrons. The first-order chi connectivity index (χ1) is 20.3. The number of para-hydroxylation sites is 1. The number of rotatable bonds is 7. The summed E-state index contributed by atoms with van der Waals surface area (Å²) in [7, 11) is 1.73. The first-order valence-electron chi connectivity index (χ1n) is 14.9. The van der Waals surface area contributed by atoms with E-state index in [0.29, 0.717) is 24.3 Å². The summed E-state index contributed by atoms with van der Waals surface area (Å²) < 4.78 is 50.9. The maximum atomic E-state index is 13.5. The SMILES string of the molecule is COc1ccccc1C1CCN(Cc2ccc(C(=O)N3C4CCC3CC(Oc3cccc(C(F)(F)F)c3)C4)cc2)CC1. The van der Waals surface area contributed by atoms with Crippen LogP contribution >= 0.6 is 0 Å². The zero-order valence-corrected chi connectivity index (χ0v) is 23.9. The average Bonchev–Trinajstić information content (AvgIpc) is 3.27. The first kappa shape index (κ1) is 28.6. The number of carbonyl (C=O) groups is 1. The summed E-state index contributed by atoms with van der Waals surface area (Å²) in [6.07, 6.45) is 0.606. The molecule has 3 aromatic carbocycles. The molecule has 8 heteroatoms. The van der Waals surface area contributed by atoms with Crippen molar-refractivity contribution in [3.8, 4) is 11.5 Å². The van der Waals surface area contributed by atoms with Crippen molar-refractivity contribution in [2.45, 2.75) is 75.4 Å². The van der Waals surface area contributed by atoms with Crippen LogP contribution in [0.3, 0.4) is 0 Å². The van der Waals surface area contributed by atoms with Gasteiger partial charge in [0.1, 0.15) is 17.6 Å². The number of likely N-dealkylation sites (tertiary alicyclic amines) is 1. The van der Waals surface area contributed by atoms with Gasteiger partial charge in [-0.25, -0.2) is 0 Å². The fourth-order valence-electron chi connectivity index (χ4n) is 7.06. The summed E-state index contributed by atoms with van der Waals surface area (Å²) in [4.78, 5) is 18.0. The number of carbonyl (C=O) groups excluding carboxylic acids is 1. The van der Waals surface area contributed by atoms with Gasteiger partial charge < -0.3 is 14.4 Å². The van der Waals surface area contributed by atoms with Crippen molar-refractivity contribution in [2.24, 2.45) is 0 Å². The fourth-order valence-corrected chi connectivity index (χ4v) is 7.06. The Morgan fingerprint density at radius 1 is 0.881 bits per heavy atom. The van der Waals surface area contributed by atoms with E-state index in [0.717, 1.165) is 63.2 Å². The monoisotopic (exact) mass is 578 g/mol. The molecule has 3 fully saturated rings. The molecule has 42 heavy (non-hydrogen) atoms. The number of benzene rings is 3. The third-order valence-corrected chi connectivity index (χ3v) is 9.16. The van der Waals surface area contributed by atoms with Crippen LogP contribution in [0.5, 0.6) is 11.5 Å². The van der Waals surface area contributed by atoms with Crippen molar-refractivity contribution in [3.05, 3.63) is 95.1 Å². The van der Waals surface area contributed by atoms with Crippen LogP contribution in [-0.2, 0) is 12.7 Å². The van der Waals surface area contributed by atoms with E-state index in [1.807, 2.05) is 29.2 Å². The number of hydrogen-bond acceptors (Lipinski definition) is 4. The number of halogens is 3. The molecule has 3 saturated heterocycles. The summed E-state index contributed by atoms with van der Waals surface area (Å²) in [5.41, 5.74) is 2.46. The summed E-state index contributed by atoms with van der Waals surface area (Å²) in [6.45, 7) is 2.89. The lowest BCUT2D eigenvalue weighted by molar-refractivity contribution is -0.137. The van der Waals surface area contributed by atoms with Gasteiger partial charge in [0.2, 0.25) is 0 Å². The molecule has 2 unspecified atom stereocenters. The molecule has 0 aliphatic carbocycles. The Kier molecular flexibility index (Phi) is 8.17. The molecular formula is C34H37F3N2O3. The van der Waals surface area contributed by atoms with E-state index in [2.05, 4.69) is 29.2 Å². The van der Waals surface area contributed by atoms with Crippen LogP contribution in [0.15, 0.2) is 72.8 Å². The normalized spacial score (nSPS) is 23.1. The standard InChI is InChI=1S/C34H37F3N2O3/c1-41-32-8-3-2-7-31(32)24-15-17-38(18-16-24)22-23-9-11-25(12-10-23)33(40)39-27-13-14-28(39)21-30(20-27)42-29-6-4-5-26(19-29)34(35,36)37/h2-12,19,24,27-28,30H,13-18,20-22H2,1H3. The molecule has 5 nitrogen and oxygen atoms in total. The van der Waals surface area contributed by atoms with Crippen molar-refractivity contribution in [2.75, 3.05) is 20.2 Å². The second-order valence-corrected chi connectivity index (χ2v) is 11.8. The van der Waals surface area contributed by atoms with Gasteiger partial charge in [-0.15, -0.1) is 0 Å². The zero-order valence-electron chi connectivity index (χ0n) is 23.9. The van der Waals surface area contributed by atoms with Gasteiger partial charge in [0, 0.05) is 37.0 Å². The van der Waals surface area contributed by atoms with Crippen molar-refractivity contribution in [3.63, 3.8) is 0 Å². The maximum absolute atomic E-state index is 13.5. The smallest absolute Gasteiger partial charge is 0.416 e. The van der Waals surface area contributed by atoms with E-state index >= 15 is 0 Å². The molecule has 0 spiro atoms. The van der Waals surface area contributed by atoms with Gasteiger partial charge in [-0.1, -0.05) is 36.4 Å². The van der Waals surface area contributed by atoms with Crippen molar-refractivity contribution in [1.82, 2.24) is 9.80 Å². The van der Waals surface area contributed by atoms with Crippen LogP contribution in [0.4, 0.5) is 13.2 Å². The van der Waals surface area contributed by atoms with Crippen LogP contribution in [0.2, 0.25) is 0 Å². The number of piperidine rings is 2. The molecule has 3 aromatic rings. The Morgan fingerprint density at radius 3 is 2.24 bits per heavy atom. The minimum absolute atomic E-state index is 0.0317. The average molecular weight is 579 g/mol. The Hall–Kier alpha value is -3.52. The van der Waals surface area contributed by atoms with Crippen LogP contribution < -0.4 is 9.47 Å². The number of fused-ring (bicyclic) bond motifs is 2. The van der Waals surface area contributed by atoms with E-state index in [4.69, 9.17) is 9.47 Å². The Balaban J connectivity index is 1.02. The minimum atomic E-state index is -4.41. The predicted molar refractivity (Wildman–Crippen MR) is 155 cm³/mol. The summed E-state index contributed by atoms with van der Waals surface area (Å²) in [5.74, 6) is 1.74. The Bertz CT molecular complexity index is 1370. The van der Waals surface area contributed by atoms with E-state index in [-0.39, 0.29) is 29.8 Å². The van der Waals surface area contributed by atoms with E-state index in [1.165, 1.54) is 17.2 Å². The lowest BCUT2D eigenvalue weighted by atomic mass is 9.88. The first-order valence-corrected chi connectivity index (χ1v) is 14.9. The lowest BCUT2D eigenvalue weighted by Gasteiger charge is -2.39. The van der Waals surface area contributed by atoms with Gasteiger partial charge in [0.05, 0.1) is 12.7 Å². The van der Waals surface area contributed by atoms with Gasteiger partial charge in [-0.3, -0.25) is 9.69 Å². The number of hydrogen-bond donors (Lipinski definition) is 0. The Labute approximate surface area is 245 Å². The fraction of sp³-hybridized carbons (Fsp3) is 0.441. The largest absolute Gasteiger partial charge is 0.496 e. The molecule has 3 aliphatic rings. The van der Waals surface area contributed by atoms with Gasteiger partial charge in [0.25, 0.3) is 5.91 Å². The zero-order chi connectivity index (χ0) is 29.3. The minimum Gasteiger partial charge on any atom is -0.496 e. The van der Waals surface area contributed by atoms with Crippen LogP contribution in [0.1, 0.15) is 71.5 Å². The lowest BCUT2D eigenvalue weighted by Crippen LogP contribution is -2.49. The van der Waals surface area contributed by atoms with Gasteiger partial charge in [-0.05, 0) is 92.2 Å². The highest BCUT2D eigenvalue weighted by molar-refractivity contribution is 5.95. The molecule has 2 bridgehead atoms. The second-order valence-electron chi connectivity index (χ2n) is 11.8. The van der Waals surface area contributed by atoms with Crippen molar-refractivity contribution in [1.29, 1.82) is 0 Å². The van der Waals surface area contributed by atoms with Crippen LogP contribution in [0.25, 0.3) is 0 Å². The molecule has 3 heterocycles. The van der Waals surface area contributed by atoms with Gasteiger partial charge >= 0.3 is 6.18 Å². The van der Waals surface area contributed by atoms with Crippen molar-refractivity contribution < 1.29 is 27.4 Å². The van der Waals surface area contributed by atoms with Crippen LogP contribution in [-0.4, -0.2) is 54.1 Å². The highest BCUT2D eigenvalue weighted by atomic mass is 19.4. The summed E-state index contributed by atoms with van der Waals surface area (Å²) in [5, 5.41) is 0. The number of nitrogens with zero attached hydrogens (tertiary/aromatic N) is 2. The molecule has 6 rings (SSSR count). The highest BCUT2D eigenvalue weighted by Gasteiger charge is 2.44. The third-order valence-electron chi connectivity index (χ3n) is 9.16. The number of methoxy groups -OCH3 is 1. The van der Waals surface area contributed by atoms with E-state index in [9.17, 15) is 18.0 Å². The molecule has 1 amide bonds. The highest BCUT2D eigenvalue weighted by Crippen LogP contribution is 2.39. The van der Waals surface area contributed by atoms with Gasteiger partial charge in [0.15, 0.2) is 0 Å². The van der Waals surface area contributed by atoms with E-state index in [1.54, 1.807) is 13.2 Å². The topological polar surface area (TPSA) is 42.0 Å². The Morgan fingerprint density at radius 2 is 1.57 bits per heavy atom. The molecule has 3 aliphatic heterocycles. The quantitative estimate of drug-likeness (QED) is 0.295. The molecule has 0 saturated carbocycles. The third kappa shape index (κ3) is 6.14. The predicted octanol–water partition coefficient (Wildman–Crippen LogP) is 7.31. The number of ether oxygens (including phenoxy) is 2. The molecule has 0 N–H and O–H groups in total. The van der Waals surface area contributed by atoms with Crippen molar-refractivity contribution >= 4 is 5.91 Å². The molecule has 2 atom stereocenters. The van der Waals surface area contributed by atoms with Gasteiger partial charge in [-0.2, -0.15) is 13.2 Å². The maximum Gasteiger partial charge on any atom is 0.416 e. The summed E-state index contributed by atoms with van der Waals surface area (Å²) >= 11 is 0. The van der Waals surface area contributed by atoms with E-state index < -0.39 is 11.7 Å². The number of amides is 1. The second kappa shape index (κ2) is 12.0. The number of alkyl halides is 3. The molecule has 0 aromatic heterocycles. The molecular weight excluding hydrogens is 541 g/mol. The van der Waals surface area contributed by atoms with Crippen LogP contribution in [0, 0.1) is 0 Å².